The lowest BCUT2D eigenvalue weighted by Gasteiger charge is -2.43. The van der Waals surface area contributed by atoms with Crippen LogP contribution in [0.2, 0.25) is 0 Å². The Morgan fingerprint density at radius 3 is 2.17 bits per heavy atom. The van der Waals surface area contributed by atoms with Crippen molar-refractivity contribution in [3.63, 3.8) is 0 Å². The third-order valence-electron chi connectivity index (χ3n) is 7.21. The van der Waals surface area contributed by atoms with Crippen LogP contribution in [0.1, 0.15) is 42.7 Å². The number of carbonyl (C=O) groups is 1. The number of hydrogen-bond donors (Lipinski definition) is 1. The monoisotopic (exact) mass is 407 g/mol. The van der Waals surface area contributed by atoms with Gasteiger partial charge >= 0.3 is 6.09 Å². The molecule has 5 nitrogen and oxygen atoms in total. The molecule has 0 saturated carbocycles. The van der Waals surface area contributed by atoms with Crippen molar-refractivity contribution in [3.8, 4) is 11.1 Å². The normalized spacial score (nSPS) is 21.2. The van der Waals surface area contributed by atoms with E-state index in [1.165, 1.54) is 22.3 Å². The molecule has 2 heterocycles. The van der Waals surface area contributed by atoms with Crippen LogP contribution in [0.4, 0.5) is 4.79 Å². The maximum absolute atomic E-state index is 12.8. The van der Waals surface area contributed by atoms with E-state index < -0.39 is 5.60 Å². The van der Waals surface area contributed by atoms with Crippen LogP contribution < -0.4 is 0 Å². The molecule has 2 aliphatic heterocycles. The molecule has 30 heavy (non-hydrogen) atoms. The van der Waals surface area contributed by atoms with Gasteiger partial charge in [-0.15, -0.1) is 0 Å². The molecule has 0 radical (unpaired) electrons. The topological polar surface area (TPSA) is 59.0 Å². The first-order chi connectivity index (χ1) is 14.7. The van der Waals surface area contributed by atoms with Crippen LogP contribution in [0.5, 0.6) is 0 Å². The van der Waals surface area contributed by atoms with E-state index in [0.29, 0.717) is 45.8 Å². The molecular formula is C25H29NO4. The highest BCUT2D eigenvalue weighted by molar-refractivity contribution is 5.79. The summed E-state index contributed by atoms with van der Waals surface area (Å²) in [5.41, 5.74) is 4.30. The Morgan fingerprint density at radius 2 is 1.57 bits per heavy atom. The highest BCUT2D eigenvalue weighted by atomic mass is 16.6. The van der Waals surface area contributed by atoms with Crippen molar-refractivity contribution in [2.45, 2.75) is 37.2 Å². The van der Waals surface area contributed by atoms with Gasteiger partial charge < -0.3 is 19.5 Å². The quantitative estimate of drug-likeness (QED) is 0.829. The Bertz CT molecular complexity index is 867. The number of carbonyl (C=O) groups excluding carboxylic acids is 1. The molecule has 0 atom stereocenters. The molecule has 3 aliphatic rings. The molecule has 2 aromatic rings. The lowest BCUT2D eigenvalue weighted by molar-refractivity contribution is -0.110. The minimum Gasteiger partial charge on any atom is -0.448 e. The highest BCUT2D eigenvalue weighted by Crippen LogP contribution is 2.44. The molecule has 2 fully saturated rings. The van der Waals surface area contributed by atoms with Crippen molar-refractivity contribution in [1.29, 1.82) is 0 Å². The fourth-order valence-corrected chi connectivity index (χ4v) is 5.42. The molecule has 1 N–H and O–H groups in total. The minimum atomic E-state index is -0.633. The van der Waals surface area contributed by atoms with Crippen LogP contribution in [0.15, 0.2) is 48.5 Å². The van der Waals surface area contributed by atoms with E-state index in [0.717, 1.165) is 12.8 Å². The molecule has 158 valence electrons. The van der Waals surface area contributed by atoms with Gasteiger partial charge in [-0.25, -0.2) is 4.79 Å². The first-order valence-corrected chi connectivity index (χ1v) is 11.1. The van der Waals surface area contributed by atoms with Crippen molar-refractivity contribution >= 4 is 6.09 Å². The number of amides is 1. The lowest BCUT2D eigenvalue weighted by Crippen LogP contribution is -2.49. The number of ether oxygens (including phenoxy) is 2. The van der Waals surface area contributed by atoms with Gasteiger partial charge in [0.2, 0.25) is 0 Å². The van der Waals surface area contributed by atoms with Crippen LogP contribution in [0.3, 0.4) is 0 Å². The van der Waals surface area contributed by atoms with Gasteiger partial charge in [0.25, 0.3) is 0 Å². The molecule has 1 aliphatic carbocycles. The van der Waals surface area contributed by atoms with Gasteiger partial charge in [0.15, 0.2) is 0 Å². The zero-order valence-corrected chi connectivity index (χ0v) is 17.3. The molecule has 0 unspecified atom stereocenters. The molecule has 5 heteroatoms. The van der Waals surface area contributed by atoms with E-state index in [1.807, 2.05) is 12.1 Å². The van der Waals surface area contributed by atoms with Crippen LogP contribution >= 0.6 is 0 Å². The second kappa shape index (κ2) is 8.05. The van der Waals surface area contributed by atoms with Gasteiger partial charge in [0, 0.05) is 32.2 Å². The first kappa shape index (κ1) is 19.6. The third kappa shape index (κ3) is 3.50. The van der Waals surface area contributed by atoms with E-state index in [9.17, 15) is 9.90 Å². The molecular weight excluding hydrogens is 378 g/mol. The Kier molecular flexibility index (Phi) is 5.25. The zero-order chi connectivity index (χ0) is 20.6. The van der Waals surface area contributed by atoms with Gasteiger partial charge in [0.05, 0.1) is 5.60 Å². The summed E-state index contributed by atoms with van der Waals surface area (Å²) >= 11 is 0. The highest BCUT2D eigenvalue weighted by Gasteiger charge is 2.40. The second-order valence-electron chi connectivity index (χ2n) is 8.78. The van der Waals surface area contributed by atoms with Gasteiger partial charge in [-0.2, -0.15) is 0 Å². The van der Waals surface area contributed by atoms with E-state index in [4.69, 9.17) is 9.47 Å². The number of benzene rings is 2. The fraction of sp³-hybridized carbons (Fsp3) is 0.480. The standard InChI is InChI=1S/C25H29NO4/c27-24(26-13-9-18(10-14-26)25(28)11-15-29-16-12-25)30-17-23-21-7-3-1-5-19(21)20-6-2-4-8-22(20)23/h1-8,18,23,28H,9-17H2. The van der Waals surface area contributed by atoms with Crippen molar-refractivity contribution in [1.82, 2.24) is 4.90 Å². The molecule has 0 bridgehead atoms. The number of nitrogens with zero attached hydrogens (tertiary/aromatic N) is 1. The molecule has 5 rings (SSSR count). The minimum absolute atomic E-state index is 0.0850. The molecule has 0 aromatic heterocycles. The number of hydrogen-bond acceptors (Lipinski definition) is 4. The molecule has 2 saturated heterocycles. The Labute approximate surface area is 177 Å². The Hall–Kier alpha value is -2.37. The van der Waals surface area contributed by atoms with Crippen LogP contribution in [0, 0.1) is 5.92 Å². The maximum Gasteiger partial charge on any atom is 0.409 e. The molecule has 0 spiro atoms. The van der Waals surface area contributed by atoms with E-state index in [1.54, 1.807) is 4.90 Å². The summed E-state index contributed by atoms with van der Waals surface area (Å²) < 4.78 is 11.2. The number of aliphatic hydroxyl groups is 1. The predicted molar refractivity (Wildman–Crippen MR) is 114 cm³/mol. The number of likely N-dealkylation sites (tertiary alicyclic amines) is 1. The van der Waals surface area contributed by atoms with Gasteiger partial charge in [-0.05, 0) is 53.9 Å². The summed E-state index contributed by atoms with van der Waals surface area (Å²) in [6, 6.07) is 16.8. The number of rotatable bonds is 3. The average molecular weight is 408 g/mol. The van der Waals surface area contributed by atoms with Crippen molar-refractivity contribution in [3.05, 3.63) is 59.7 Å². The van der Waals surface area contributed by atoms with E-state index in [2.05, 4.69) is 36.4 Å². The van der Waals surface area contributed by atoms with Crippen LogP contribution in [-0.4, -0.2) is 54.6 Å². The maximum atomic E-state index is 12.8. The Balaban J connectivity index is 1.20. The summed E-state index contributed by atoms with van der Waals surface area (Å²) in [4.78, 5) is 14.6. The van der Waals surface area contributed by atoms with Gasteiger partial charge in [-0.1, -0.05) is 48.5 Å². The first-order valence-electron chi connectivity index (χ1n) is 11.1. The third-order valence-corrected chi connectivity index (χ3v) is 7.21. The van der Waals surface area contributed by atoms with Gasteiger partial charge in [0.1, 0.15) is 6.61 Å². The summed E-state index contributed by atoms with van der Waals surface area (Å²) in [5.74, 6) is 0.320. The summed E-state index contributed by atoms with van der Waals surface area (Å²) in [6.07, 6.45) is 2.79. The SMILES string of the molecule is O=C(OCC1c2ccccc2-c2ccccc21)N1CCC(C2(O)CCOCC2)CC1. The Morgan fingerprint density at radius 1 is 1.00 bits per heavy atom. The summed E-state index contributed by atoms with van der Waals surface area (Å²) in [6.45, 7) is 2.90. The van der Waals surface area contributed by atoms with Gasteiger partial charge in [-0.3, -0.25) is 0 Å². The van der Waals surface area contributed by atoms with Crippen LogP contribution in [0.25, 0.3) is 11.1 Å². The van der Waals surface area contributed by atoms with E-state index >= 15 is 0 Å². The second-order valence-corrected chi connectivity index (χ2v) is 8.78. The smallest absolute Gasteiger partial charge is 0.409 e. The van der Waals surface area contributed by atoms with Crippen molar-refractivity contribution in [2.75, 3.05) is 32.9 Å². The lowest BCUT2D eigenvalue weighted by atomic mass is 9.76. The van der Waals surface area contributed by atoms with Crippen molar-refractivity contribution < 1.29 is 19.4 Å². The molecule has 2 aromatic carbocycles. The molecule has 1 amide bonds. The zero-order valence-electron chi connectivity index (χ0n) is 17.3. The fourth-order valence-electron chi connectivity index (χ4n) is 5.42. The summed E-state index contributed by atoms with van der Waals surface area (Å²) in [5, 5.41) is 10.9. The van der Waals surface area contributed by atoms with E-state index in [-0.39, 0.29) is 17.9 Å². The summed E-state index contributed by atoms with van der Waals surface area (Å²) in [7, 11) is 0. The largest absolute Gasteiger partial charge is 0.448 e. The average Bonchev–Trinajstić information content (AvgIpc) is 3.12. The predicted octanol–water partition coefficient (Wildman–Crippen LogP) is 4.19. The van der Waals surface area contributed by atoms with Crippen LogP contribution in [-0.2, 0) is 9.47 Å². The number of piperidine rings is 1. The number of fused-ring (bicyclic) bond motifs is 3. The van der Waals surface area contributed by atoms with Crippen molar-refractivity contribution in [2.24, 2.45) is 5.92 Å².